The van der Waals surface area contributed by atoms with Crippen molar-refractivity contribution >= 4 is 23.1 Å². The number of Topliss-reactive ketones (excluding diaryl/α,β-unsaturated/α-hetero) is 4. The molecule has 0 radical (unpaired) electrons. The van der Waals surface area contributed by atoms with Crippen LogP contribution in [0.3, 0.4) is 0 Å². The summed E-state index contributed by atoms with van der Waals surface area (Å²) in [4.78, 5) is 56.7. The van der Waals surface area contributed by atoms with E-state index in [1.165, 1.54) is 16.7 Å². The summed E-state index contributed by atoms with van der Waals surface area (Å²) >= 11 is 0. The maximum atomic E-state index is 12.6. The molecule has 0 heterocycles. The van der Waals surface area contributed by atoms with E-state index in [0.29, 0.717) is 23.8 Å². The molecule has 8 nitrogen and oxygen atoms in total. The van der Waals surface area contributed by atoms with Crippen molar-refractivity contribution in [3.05, 3.63) is 144 Å². The van der Waals surface area contributed by atoms with Gasteiger partial charge in [-0.2, -0.15) is 0 Å². The smallest absolute Gasteiger partial charge is 0.157 e. The van der Waals surface area contributed by atoms with Crippen molar-refractivity contribution in [3.8, 4) is 0 Å². The van der Waals surface area contributed by atoms with Crippen LogP contribution in [0, 0.1) is 0 Å². The number of nitrogens with zero attached hydrogens (tertiary/aromatic N) is 3. The average Bonchev–Trinajstić information content (AvgIpc) is 3.39. The van der Waals surface area contributed by atoms with Crippen molar-refractivity contribution in [2.24, 2.45) is 5.73 Å². The number of rotatable bonds is 13. The first-order valence-electron chi connectivity index (χ1n) is 26.4. The molecule has 68 heavy (non-hydrogen) atoms. The van der Waals surface area contributed by atoms with Gasteiger partial charge in [0.1, 0.15) is 22.2 Å². The number of hydrogen-bond acceptors (Lipinski definition) is 8. The Morgan fingerprint density at radius 3 is 0.809 bits per heavy atom. The number of ketones is 4. The second kappa shape index (κ2) is 26.4. The number of carbonyl (C=O) groups is 4. The van der Waals surface area contributed by atoms with Crippen LogP contribution in [0.1, 0.15) is 167 Å². The van der Waals surface area contributed by atoms with Crippen LogP contribution in [0.4, 0.5) is 0 Å². The zero-order valence-electron chi connectivity index (χ0n) is 42.7. The van der Waals surface area contributed by atoms with E-state index in [2.05, 4.69) is 92.6 Å². The first kappa shape index (κ1) is 54.3. The molecule has 0 aromatic heterocycles. The van der Waals surface area contributed by atoms with Gasteiger partial charge in [0.25, 0.3) is 0 Å². The van der Waals surface area contributed by atoms with E-state index < -0.39 is 5.54 Å². The van der Waals surface area contributed by atoms with Crippen LogP contribution in [0.5, 0.6) is 0 Å². The van der Waals surface area contributed by atoms with E-state index in [-0.39, 0.29) is 22.4 Å². The molecule has 2 N–H and O–H groups in total. The molecular formula is C60H84N4O4. The van der Waals surface area contributed by atoms with Crippen molar-refractivity contribution in [1.29, 1.82) is 0 Å². The van der Waals surface area contributed by atoms with Crippen LogP contribution in [-0.2, 0) is 41.3 Å². The molecule has 4 aliphatic rings. The standard InChI is InChI=1S/3C16H23NO.C12H15NO/c3*1-3-17(4-2)16(13-9-8-12-15(16)18)14-10-6-5-7-11-14;13-12(9-5-4-8-11(12)14)10-6-2-1-3-7-10/h3*5-7,10-11H,3-4,8-9,12-13H2,1-2H3;1-3,6-7H,4-5,8-9,13H2/t2*16-;;/m10../s1. The van der Waals surface area contributed by atoms with E-state index in [0.717, 1.165) is 141 Å². The molecule has 4 aromatic carbocycles. The van der Waals surface area contributed by atoms with Gasteiger partial charge in [-0.05, 0) is 113 Å². The maximum absolute atomic E-state index is 12.6. The van der Waals surface area contributed by atoms with E-state index in [1.54, 1.807) is 0 Å². The van der Waals surface area contributed by atoms with Gasteiger partial charge in [0, 0.05) is 25.7 Å². The van der Waals surface area contributed by atoms with Gasteiger partial charge < -0.3 is 5.73 Å². The van der Waals surface area contributed by atoms with Gasteiger partial charge in [0.05, 0.1) is 0 Å². The third kappa shape index (κ3) is 11.9. The Morgan fingerprint density at radius 1 is 0.338 bits per heavy atom. The van der Waals surface area contributed by atoms with Crippen LogP contribution in [0.2, 0.25) is 0 Å². The summed E-state index contributed by atoms with van der Waals surface area (Å²) in [5.41, 5.74) is 8.89. The van der Waals surface area contributed by atoms with Gasteiger partial charge in [-0.3, -0.25) is 33.9 Å². The molecule has 368 valence electrons. The molecule has 4 saturated carbocycles. The van der Waals surface area contributed by atoms with E-state index in [9.17, 15) is 19.2 Å². The number of benzene rings is 4. The van der Waals surface area contributed by atoms with Crippen LogP contribution in [0.25, 0.3) is 0 Å². The van der Waals surface area contributed by atoms with Crippen molar-refractivity contribution < 1.29 is 19.2 Å². The highest BCUT2D eigenvalue weighted by molar-refractivity contribution is 5.92. The lowest BCUT2D eigenvalue weighted by Gasteiger charge is -2.44. The Hall–Kier alpha value is -4.60. The second-order valence-electron chi connectivity index (χ2n) is 19.1. The monoisotopic (exact) mass is 925 g/mol. The Labute approximate surface area is 410 Å². The average molecular weight is 925 g/mol. The third-order valence-corrected chi connectivity index (χ3v) is 15.6. The molecule has 4 aromatic rings. The van der Waals surface area contributed by atoms with Crippen molar-refractivity contribution in [3.63, 3.8) is 0 Å². The molecule has 0 saturated heterocycles. The quantitative estimate of drug-likeness (QED) is 0.141. The van der Waals surface area contributed by atoms with Gasteiger partial charge >= 0.3 is 0 Å². The van der Waals surface area contributed by atoms with Crippen molar-refractivity contribution in [2.45, 2.75) is 166 Å². The van der Waals surface area contributed by atoms with Gasteiger partial charge in [-0.1, -0.05) is 189 Å². The summed E-state index contributed by atoms with van der Waals surface area (Å²) in [6.45, 7) is 18.5. The van der Waals surface area contributed by atoms with E-state index in [1.807, 2.05) is 84.9 Å². The van der Waals surface area contributed by atoms with Crippen LogP contribution < -0.4 is 5.73 Å². The lowest BCUT2D eigenvalue weighted by atomic mass is 9.74. The highest BCUT2D eigenvalue weighted by Gasteiger charge is 2.47. The summed E-state index contributed by atoms with van der Waals surface area (Å²) in [6, 6.07) is 40.7. The topological polar surface area (TPSA) is 104 Å². The predicted molar refractivity (Wildman–Crippen MR) is 279 cm³/mol. The van der Waals surface area contributed by atoms with Gasteiger partial charge in [0.15, 0.2) is 23.1 Å². The second-order valence-corrected chi connectivity index (χ2v) is 19.1. The first-order valence-corrected chi connectivity index (χ1v) is 26.4. The number of nitrogens with two attached hydrogens (primary N) is 1. The zero-order valence-corrected chi connectivity index (χ0v) is 42.7. The molecule has 4 fully saturated rings. The lowest BCUT2D eigenvalue weighted by molar-refractivity contribution is -0.135. The van der Waals surface area contributed by atoms with Crippen LogP contribution >= 0.6 is 0 Å². The van der Waals surface area contributed by atoms with E-state index >= 15 is 0 Å². The van der Waals surface area contributed by atoms with Crippen molar-refractivity contribution in [2.75, 3.05) is 39.3 Å². The minimum atomic E-state index is -0.709. The largest absolute Gasteiger partial charge is 0.315 e. The highest BCUT2D eigenvalue weighted by Crippen LogP contribution is 2.42. The highest BCUT2D eigenvalue weighted by atomic mass is 16.1. The molecule has 8 heteroatoms. The Bertz CT molecular complexity index is 1950. The first-order chi connectivity index (χ1) is 33.0. The molecule has 0 spiro atoms. The van der Waals surface area contributed by atoms with Crippen molar-refractivity contribution in [1.82, 2.24) is 14.7 Å². The molecule has 0 aliphatic heterocycles. The minimum absolute atomic E-state index is 0.190. The third-order valence-electron chi connectivity index (χ3n) is 15.6. The summed E-state index contributed by atoms with van der Waals surface area (Å²) in [6.07, 6.45) is 15.2. The van der Waals surface area contributed by atoms with Crippen LogP contribution in [0.15, 0.2) is 121 Å². The fraction of sp³-hybridized carbons (Fsp3) is 0.533. The van der Waals surface area contributed by atoms with Gasteiger partial charge in [-0.15, -0.1) is 0 Å². The molecule has 0 bridgehead atoms. The maximum Gasteiger partial charge on any atom is 0.157 e. The normalized spacial score (nSPS) is 25.1. The summed E-state index contributed by atoms with van der Waals surface area (Å²) in [7, 11) is 0. The Balaban J connectivity index is 0.000000170. The minimum Gasteiger partial charge on any atom is -0.315 e. The SMILES string of the molecule is CCN(CC)C1(c2ccccc2)CCCCC1=O.CCN(CC)[C@@]1(c2ccccc2)CCCCC1=O.CCN(CC)[C@]1(c2ccccc2)CCCCC1=O.NC1(c2ccccc2)CCCCC1=O. The summed E-state index contributed by atoms with van der Waals surface area (Å²) in [5.74, 6) is 1.41. The molecule has 4 atom stereocenters. The van der Waals surface area contributed by atoms with Gasteiger partial charge in [0.2, 0.25) is 0 Å². The molecule has 4 aliphatic carbocycles. The fourth-order valence-electron chi connectivity index (χ4n) is 12.0. The van der Waals surface area contributed by atoms with Gasteiger partial charge in [-0.25, -0.2) is 0 Å². The fourth-order valence-corrected chi connectivity index (χ4v) is 12.0. The molecule has 0 amide bonds. The number of carbonyl (C=O) groups excluding carboxylic acids is 4. The lowest BCUT2D eigenvalue weighted by Crippen LogP contribution is -2.53. The Kier molecular flexibility index (Phi) is 21.1. The number of hydrogen-bond donors (Lipinski definition) is 1. The predicted octanol–water partition coefficient (Wildman–Crippen LogP) is 12.1. The number of likely N-dealkylation sites (N-methyl/N-ethyl adjacent to an activating group) is 3. The molecular weight excluding hydrogens is 841 g/mol. The zero-order chi connectivity index (χ0) is 49.0. The summed E-state index contributed by atoms with van der Waals surface area (Å²) in [5, 5.41) is 0. The Morgan fingerprint density at radius 2 is 0.574 bits per heavy atom. The van der Waals surface area contributed by atoms with E-state index in [4.69, 9.17) is 5.73 Å². The molecule has 8 rings (SSSR count). The molecule has 2 unspecified atom stereocenters. The van der Waals surface area contributed by atoms with Crippen LogP contribution in [-0.4, -0.2) is 77.1 Å². The summed E-state index contributed by atoms with van der Waals surface area (Å²) < 4.78 is 0.